The first-order chi connectivity index (χ1) is 13.9. The first kappa shape index (κ1) is 26.0. The van der Waals surface area contributed by atoms with E-state index in [0.717, 1.165) is 24.6 Å². The maximum absolute atomic E-state index is 12.9. The molecule has 0 fully saturated rings. The average Bonchev–Trinajstić information content (AvgIpc) is 3.16. The van der Waals surface area contributed by atoms with Gasteiger partial charge in [0.2, 0.25) is 5.88 Å². The van der Waals surface area contributed by atoms with Crippen molar-refractivity contribution in [3.63, 3.8) is 0 Å². The number of halogens is 4. The van der Waals surface area contributed by atoms with E-state index in [1.54, 1.807) is 7.05 Å². The van der Waals surface area contributed by atoms with Crippen LogP contribution in [0, 0.1) is 0 Å². The molecule has 2 rings (SSSR count). The molecule has 0 atom stereocenters. The normalized spacial score (nSPS) is 11.9. The van der Waals surface area contributed by atoms with Crippen molar-refractivity contribution in [1.29, 1.82) is 0 Å². The number of alkyl halides is 3. The fourth-order valence-electron chi connectivity index (χ4n) is 2.74. The van der Waals surface area contributed by atoms with Gasteiger partial charge >= 0.3 is 6.18 Å². The number of pyridine rings is 1. The number of rotatable bonds is 9. The van der Waals surface area contributed by atoms with Gasteiger partial charge in [-0.1, -0.05) is 19.0 Å². The van der Waals surface area contributed by atoms with Crippen LogP contribution in [0.15, 0.2) is 33.9 Å². The predicted octanol–water partition coefficient (Wildman–Crippen LogP) is 4.35. The Hall–Kier alpha value is -2.05. The fraction of sp³-hybridized carbons (Fsp3) is 0.526. The minimum absolute atomic E-state index is 0. The second-order valence-corrected chi connectivity index (χ2v) is 6.29. The van der Waals surface area contributed by atoms with Gasteiger partial charge < -0.3 is 19.9 Å². The lowest BCUT2D eigenvalue weighted by Gasteiger charge is -2.14. The molecule has 7 nitrogen and oxygen atoms in total. The lowest BCUT2D eigenvalue weighted by atomic mass is 9.99. The quantitative estimate of drug-likeness (QED) is 0.213. The van der Waals surface area contributed by atoms with Gasteiger partial charge in [0.25, 0.3) is 0 Å². The molecule has 0 unspecified atom stereocenters. The van der Waals surface area contributed by atoms with E-state index in [2.05, 4.69) is 39.6 Å². The number of aromatic nitrogens is 2. The molecule has 168 valence electrons. The van der Waals surface area contributed by atoms with E-state index in [1.165, 1.54) is 12.3 Å². The molecule has 2 heterocycles. The molecule has 0 aliphatic carbocycles. The van der Waals surface area contributed by atoms with Gasteiger partial charge in [-0.25, -0.2) is 4.98 Å². The first-order valence-electron chi connectivity index (χ1n) is 9.44. The molecular weight excluding hydrogens is 514 g/mol. The minimum atomic E-state index is -4.51. The van der Waals surface area contributed by atoms with E-state index in [9.17, 15) is 13.2 Å². The van der Waals surface area contributed by atoms with Gasteiger partial charge in [-0.3, -0.25) is 4.99 Å². The van der Waals surface area contributed by atoms with Crippen LogP contribution in [0.3, 0.4) is 0 Å². The Balaban J connectivity index is 0.00000450. The van der Waals surface area contributed by atoms with Gasteiger partial charge in [0, 0.05) is 25.2 Å². The van der Waals surface area contributed by atoms with E-state index >= 15 is 0 Å². The second-order valence-electron chi connectivity index (χ2n) is 6.29. The molecule has 0 bridgehead atoms. The fourth-order valence-corrected chi connectivity index (χ4v) is 2.74. The number of aliphatic imine (C=N–C) groups is 1. The largest absolute Gasteiger partial charge is 0.475 e. The minimum Gasteiger partial charge on any atom is -0.475 e. The third-order valence-electron chi connectivity index (χ3n) is 4.34. The van der Waals surface area contributed by atoms with Crippen LogP contribution in [0.5, 0.6) is 5.88 Å². The topological polar surface area (TPSA) is 84.6 Å². The van der Waals surface area contributed by atoms with Crippen molar-refractivity contribution in [2.75, 3.05) is 20.2 Å². The Kier molecular flexibility index (Phi) is 10.9. The number of hydrogen-bond donors (Lipinski definition) is 2. The van der Waals surface area contributed by atoms with Crippen LogP contribution in [-0.2, 0) is 12.7 Å². The highest BCUT2D eigenvalue weighted by molar-refractivity contribution is 14.0. The van der Waals surface area contributed by atoms with E-state index < -0.39 is 17.6 Å². The summed E-state index contributed by atoms with van der Waals surface area (Å²) < 4.78 is 49.3. The Labute approximate surface area is 190 Å². The second kappa shape index (κ2) is 12.6. The zero-order chi connectivity index (χ0) is 21.3. The summed E-state index contributed by atoms with van der Waals surface area (Å²) in [4.78, 5) is 7.71. The molecule has 0 aliphatic rings. The molecule has 0 saturated heterocycles. The molecule has 2 aromatic rings. The third-order valence-corrected chi connectivity index (χ3v) is 4.34. The molecule has 2 aromatic heterocycles. The Morgan fingerprint density at radius 1 is 1.27 bits per heavy atom. The zero-order valence-electron chi connectivity index (χ0n) is 17.1. The van der Waals surface area contributed by atoms with Crippen molar-refractivity contribution < 1.29 is 22.4 Å². The number of ether oxygens (including phenoxy) is 1. The molecule has 2 N–H and O–H groups in total. The van der Waals surface area contributed by atoms with Crippen molar-refractivity contribution in [3.05, 3.63) is 41.4 Å². The van der Waals surface area contributed by atoms with Crippen molar-refractivity contribution in [2.45, 2.75) is 45.3 Å². The molecule has 30 heavy (non-hydrogen) atoms. The molecule has 0 amide bonds. The average molecular weight is 541 g/mol. The molecule has 0 saturated carbocycles. The van der Waals surface area contributed by atoms with E-state index in [4.69, 9.17) is 9.26 Å². The highest BCUT2D eigenvalue weighted by Gasteiger charge is 2.34. The van der Waals surface area contributed by atoms with Crippen molar-refractivity contribution >= 4 is 29.9 Å². The van der Waals surface area contributed by atoms with Crippen LogP contribution in [0.25, 0.3) is 0 Å². The van der Waals surface area contributed by atoms with Crippen LogP contribution in [0.1, 0.15) is 49.6 Å². The zero-order valence-corrected chi connectivity index (χ0v) is 19.5. The highest BCUT2D eigenvalue weighted by atomic mass is 127. The van der Waals surface area contributed by atoms with E-state index in [1.807, 2.05) is 6.07 Å². The third kappa shape index (κ3) is 7.65. The standard InChI is InChI=1S/C19H26F3N5O2.HI/c1-4-13(5-2)16-11-14(29-27-16)12-26-18(23-3)25-9-10-28-17-15(19(20,21)22)7-6-8-24-17;/h6-8,11,13H,4-5,9-10,12H2,1-3H3,(H2,23,25,26);1H. The Bertz CT molecular complexity index is 794. The molecule has 0 aliphatic heterocycles. The van der Waals surface area contributed by atoms with Crippen LogP contribution < -0.4 is 15.4 Å². The van der Waals surface area contributed by atoms with Crippen LogP contribution in [-0.4, -0.2) is 36.3 Å². The van der Waals surface area contributed by atoms with Gasteiger partial charge in [0.05, 0.1) is 18.8 Å². The van der Waals surface area contributed by atoms with Gasteiger partial charge in [-0.15, -0.1) is 24.0 Å². The summed E-state index contributed by atoms with van der Waals surface area (Å²) in [6, 6.07) is 4.07. The number of guanidine groups is 1. The lowest BCUT2D eigenvalue weighted by molar-refractivity contribution is -0.139. The van der Waals surface area contributed by atoms with Gasteiger partial charge in [0.15, 0.2) is 11.7 Å². The Morgan fingerprint density at radius 3 is 2.63 bits per heavy atom. The van der Waals surface area contributed by atoms with Crippen LogP contribution >= 0.6 is 24.0 Å². The molecular formula is C19H27F3IN5O2. The number of hydrogen-bond acceptors (Lipinski definition) is 5. The highest BCUT2D eigenvalue weighted by Crippen LogP contribution is 2.34. The summed E-state index contributed by atoms with van der Waals surface area (Å²) in [6.07, 6.45) is -1.28. The predicted molar refractivity (Wildman–Crippen MR) is 118 cm³/mol. The Morgan fingerprint density at radius 2 is 2.00 bits per heavy atom. The van der Waals surface area contributed by atoms with Crippen LogP contribution in [0.4, 0.5) is 13.2 Å². The summed E-state index contributed by atoms with van der Waals surface area (Å²) in [5, 5.41) is 10.1. The molecule has 0 radical (unpaired) electrons. The van der Waals surface area contributed by atoms with E-state index in [0.29, 0.717) is 24.2 Å². The number of nitrogens with zero attached hydrogens (tertiary/aromatic N) is 3. The summed E-state index contributed by atoms with van der Waals surface area (Å²) in [6.45, 7) is 4.82. The van der Waals surface area contributed by atoms with Crippen molar-refractivity contribution in [2.24, 2.45) is 4.99 Å². The summed E-state index contributed by atoms with van der Waals surface area (Å²) >= 11 is 0. The lowest BCUT2D eigenvalue weighted by Crippen LogP contribution is -2.38. The monoisotopic (exact) mass is 541 g/mol. The summed E-state index contributed by atoms with van der Waals surface area (Å²) in [5.41, 5.74) is 0.0278. The first-order valence-corrected chi connectivity index (χ1v) is 9.44. The maximum atomic E-state index is 12.9. The SMILES string of the molecule is CCC(CC)c1cc(CNC(=NC)NCCOc2ncccc2C(F)(F)F)on1.I. The number of nitrogens with one attached hydrogen (secondary N) is 2. The van der Waals surface area contributed by atoms with Gasteiger partial charge in [-0.05, 0) is 25.0 Å². The van der Waals surface area contributed by atoms with Gasteiger partial charge in [-0.2, -0.15) is 13.2 Å². The smallest absolute Gasteiger partial charge is 0.421 e. The molecule has 0 aromatic carbocycles. The molecule has 0 spiro atoms. The van der Waals surface area contributed by atoms with Crippen LogP contribution in [0.2, 0.25) is 0 Å². The van der Waals surface area contributed by atoms with Crippen molar-refractivity contribution in [3.8, 4) is 5.88 Å². The van der Waals surface area contributed by atoms with E-state index in [-0.39, 0.29) is 37.1 Å². The summed E-state index contributed by atoms with van der Waals surface area (Å²) in [5.74, 6) is 1.07. The van der Waals surface area contributed by atoms with Crippen molar-refractivity contribution in [1.82, 2.24) is 20.8 Å². The molecule has 11 heteroatoms. The maximum Gasteiger partial charge on any atom is 0.421 e. The summed E-state index contributed by atoms with van der Waals surface area (Å²) in [7, 11) is 1.59. The van der Waals surface area contributed by atoms with Gasteiger partial charge in [0.1, 0.15) is 12.2 Å².